The average molecular weight is 311 g/mol. The molecule has 0 amide bonds. The van der Waals surface area contributed by atoms with E-state index in [1.54, 1.807) is 12.3 Å². The Labute approximate surface area is 141 Å². The second-order valence-electron chi connectivity index (χ2n) is 6.04. The van der Waals surface area contributed by atoms with Crippen LogP contribution in [0.4, 0.5) is 0 Å². The SMILES string of the molecule is C=CC.C=COCCCCCCCCCCCCCCCC. The minimum atomic E-state index is 0.849. The van der Waals surface area contributed by atoms with Crippen LogP contribution in [0.2, 0.25) is 0 Å². The molecule has 0 aromatic carbocycles. The van der Waals surface area contributed by atoms with Gasteiger partial charge in [0.15, 0.2) is 0 Å². The summed E-state index contributed by atoms with van der Waals surface area (Å²) >= 11 is 0. The highest BCUT2D eigenvalue weighted by Crippen LogP contribution is 2.12. The standard InChI is InChI=1S/C18H36O.C3H6/c1-3-5-6-7-8-9-10-11-12-13-14-15-16-17-18-19-4-2;1-3-2/h4H,2-3,5-18H2,1H3;3H,1H2,2H3. The van der Waals surface area contributed by atoms with Crippen LogP contribution in [0.15, 0.2) is 25.5 Å². The van der Waals surface area contributed by atoms with Crippen molar-refractivity contribution >= 4 is 0 Å². The first kappa shape index (κ1) is 23.5. The summed E-state index contributed by atoms with van der Waals surface area (Å²) in [6.45, 7) is 11.9. The van der Waals surface area contributed by atoms with Crippen LogP contribution in [-0.2, 0) is 4.74 Å². The fourth-order valence-corrected chi connectivity index (χ4v) is 2.46. The number of hydrogen-bond donors (Lipinski definition) is 0. The van der Waals surface area contributed by atoms with E-state index in [-0.39, 0.29) is 0 Å². The zero-order chi connectivity index (χ0) is 16.7. The third-order valence-corrected chi connectivity index (χ3v) is 3.73. The fraction of sp³-hybridized carbons (Fsp3) is 0.810. The van der Waals surface area contributed by atoms with E-state index in [2.05, 4.69) is 20.1 Å². The van der Waals surface area contributed by atoms with Crippen LogP contribution in [0.25, 0.3) is 0 Å². The number of hydrogen-bond acceptors (Lipinski definition) is 1. The number of allylic oxidation sites excluding steroid dienone is 1. The summed E-state index contributed by atoms with van der Waals surface area (Å²) in [7, 11) is 0. The summed E-state index contributed by atoms with van der Waals surface area (Å²) in [5.74, 6) is 0. The lowest BCUT2D eigenvalue weighted by atomic mass is 10.0. The lowest BCUT2D eigenvalue weighted by Crippen LogP contribution is -1.87. The first-order valence-corrected chi connectivity index (χ1v) is 9.63. The Morgan fingerprint density at radius 3 is 1.27 bits per heavy atom. The molecule has 1 heteroatoms. The Bertz CT molecular complexity index is 198. The molecule has 0 atom stereocenters. The normalized spacial score (nSPS) is 9.73. The van der Waals surface area contributed by atoms with Gasteiger partial charge >= 0.3 is 0 Å². The van der Waals surface area contributed by atoms with Crippen molar-refractivity contribution in [1.29, 1.82) is 0 Å². The molecule has 0 radical (unpaired) electrons. The van der Waals surface area contributed by atoms with Gasteiger partial charge in [-0.25, -0.2) is 0 Å². The van der Waals surface area contributed by atoms with Gasteiger partial charge in [0.25, 0.3) is 0 Å². The maximum atomic E-state index is 5.10. The van der Waals surface area contributed by atoms with Gasteiger partial charge in [0.1, 0.15) is 0 Å². The molecular formula is C21H42O. The van der Waals surface area contributed by atoms with E-state index < -0.39 is 0 Å². The molecule has 0 aromatic rings. The highest BCUT2D eigenvalue weighted by Gasteiger charge is 1.93. The molecule has 0 fully saturated rings. The number of unbranched alkanes of at least 4 members (excludes halogenated alkanes) is 13. The molecule has 0 unspecified atom stereocenters. The molecule has 132 valence electrons. The third kappa shape index (κ3) is 27.6. The van der Waals surface area contributed by atoms with Gasteiger partial charge in [-0.05, 0) is 13.3 Å². The second-order valence-corrected chi connectivity index (χ2v) is 6.04. The zero-order valence-corrected chi connectivity index (χ0v) is 15.6. The summed E-state index contributed by atoms with van der Waals surface area (Å²) in [5.41, 5.74) is 0. The van der Waals surface area contributed by atoms with Crippen LogP contribution < -0.4 is 0 Å². The lowest BCUT2D eigenvalue weighted by molar-refractivity contribution is 0.241. The van der Waals surface area contributed by atoms with Crippen molar-refractivity contribution in [3.8, 4) is 0 Å². The van der Waals surface area contributed by atoms with Gasteiger partial charge in [-0.15, -0.1) is 6.58 Å². The molecule has 22 heavy (non-hydrogen) atoms. The summed E-state index contributed by atoms with van der Waals surface area (Å²) in [4.78, 5) is 0. The molecule has 0 aliphatic rings. The third-order valence-electron chi connectivity index (χ3n) is 3.73. The van der Waals surface area contributed by atoms with Crippen LogP contribution in [0.3, 0.4) is 0 Å². The number of rotatable bonds is 16. The minimum absolute atomic E-state index is 0.849. The predicted molar refractivity (Wildman–Crippen MR) is 102 cm³/mol. The highest BCUT2D eigenvalue weighted by molar-refractivity contribution is 4.52. The maximum Gasteiger partial charge on any atom is 0.0873 e. The molecule has 0 spiro atoms. The van der Waals surface area contributed by atoms with Gasteiger partial charge in [-0.2, -0.15) is 0 Å². The van der Waals surface area contributed by atoms with Crippen LogP contribution in [-0.4, -0.2) is 6.61 Å². The fourth-order valence-electron chi connectivity index (χ4n) is 2.46. The monoisotopic (exact) mass is 310 g/mol. The molecule has 0 saturated carbocycles. The van der Waals surface area contributed by atoms with Gasteiger partial charge in [0.05, 0.1) is 12.9 Å². The van der Waals surface area contributed by atoms with E-state index >= 15 is 0 Å². The Morgan fingerprint density at radius 2 is 0.955 bits per heavy atom. The molecule has 0 heterocycles. The van der Waals surface area contributed by atoms with E-state index in [9.17, 15) is 0 Å². The molecular weight excluding hydrogens is 268 g/mol. The largest absolute Gasteiger partial charge is 0.502 e. The average Bonchev–Trinajstić information content (AvgIpc) is 2.52. The molecule has 0 aliphatic heterocycles. The van der Waals surface area contributed by atoms with Crippen molar-refractivity contribution < 1.29 is 4.74 Å². The van der Waals surface area contributed by atoms with Crippen molar-refractivity contribution in [2.75, 3.05) is 6.61 Å². The van der Waals surface area contributed by atoms with Gasteiger partial charge in [0.2, 0.25) is 0 Å². The topological polar surface area (TPSA) is 9.23 Å². The van der Waals surface area contributed by atoms with Crippen molar-refractivity contribution in [3.05, 3.63) is 25.5 Å². The van der Waals surface area contributed by atoms with Gasteiger partial charge in [0, 0.05) is 0 Å². The van der Waals surface area contributed by atoms with Crippen molar-refractivity contribution in [2.45, 2.75) is 104 Å². The first-order valence-electron chi connectivity index (χ1n) is 9.63. The molecule has 0 saturated heterocycles. The first-order chi connectivity index (χ1) is 10.8. The molecule has 0 aromatic heterocycles. The molecule has 0 aliphatic carbocycles. The molecule has 1 nitrogen and oxygen atoms in total. The smallest absolute Gasteiger partial charge is 0.0873 e. The maximum absolute atomic E-state index is 5.10. The highest BCUT2D eigenvalue weighted by atomic mass is 16.5. The quantitative estimate of drug-likeness (QED) is 0.160. The van der Waals surface area contributed by atoms with E-state index in [4.69, 9.17) is 4.74 Å². The van der Waals surface area contributed by atoms with E-state index in [1.165, 1.54) is 89.9 Å². The predicted octanol–water partition coefficient (Wildman–Crippen LogP) is 7.82. The lowest BCUT2D eigenvalue weighted by Gasteiger charge is -2.03. The zero-order valence-electron chi connectivity index (χ0n) is 15.6. The van der Waals surface area contributed by atoms with Gasteiger partial charge in [-0.1, -0.05) is 103 Å². The van der Waals surface area contributed by atoms with E-state index in [0.717, 1.165) is 6.61 Å². The van der Waals surface area contributed by atoms with Crippen LogP contribution in [0.5, 0.6) is 0 Å². The summed E-state index contributed by atoms with van der Waals surface area (Å²) < 4.78 is 5.10. The van der Waals surface area contributed by atoms with Crippen molar-refractivity contribution in [2.24, 2.45) is 0 Å². The molecule has 0 rings (SSSR count). The van der Waals surface area contributed by atoms with Crippen LogP contribution >= 0.6 is 0 Å². The molecule has 0 bridgehead atoms. The summed E-state index contributed by atoms with van der Waals surface area (Å²) in [5, 5.41) is 0. The second kappa shape index (κ2) is 25.2. The molecule has 0 N–H and O–H groups in total. The Balaban J connectivity index is 0. The Morgan fingerprint density at radius 1 is 0.636 bits per heavy atom. The minimum Gasteiger partial charge on any atom is -0.502 e. The summed E-state index contributed by atoms with van der Waals surface area (Å²) in [6.07, 6.45) is 23.0. The van der Waals surface area contributed by atoms with Crippen LogP contribution in [0, 0.1) is 0 Å². The summed E-state index contributed by atoms with van der Waals surface area (Å²) in [6, 6.07) is 0. The van der Waals surface area contributed by atoms with Crippen molar-refractivity contribution in [3.63, 3.8) is 0 Å². The Kier molecular flexibility index (Phi) is 27.0. The van der Waals surface area contributed by atoms with Crippen LogP contribution in [0.1, 0.15) is 104 Å². The van der Waals surface area contributed by atoms with E-state index in [1.807, 2.05) is 6.92 Å². The van der Waals surface area contributed by atoms with Crippen molar-refractivity contribution in [1.82, 2.24) is 0 Å². The number of ether oxygens (including phenoxy) is 1. The Hall–Kier alpha value is -0.720. The van der Waals surface area contributed by atoms with Gasteiger partial charge in [-0.3, -0.25) is 0 Å². The van der Waals surface area contributed by atoms with E-state index in [0.29, 0.717) is 0 Å². The van der Waals surface area contributed by atoms with Gasteiger partial charge < -0.3 is 4.74 Å².